The average molecular weight is 2010 g/mol. The van der Waals surface area contributed by atoms with Gasteiger partial charge in [0.15, 0.2) is 5.96 Å². The molecule has 0 bridgehead atoms. The summed E-state index contributed by atoms with van der Waals surface area (Å²) in [5.41, 5.74) is 19.9. The van der Waals surface area contributed by atoms with Crippen LogP contribution in [0.1, 0.15) is 130 Å². The first-order chi connectivity index (χ1) is 67.7. The second-order valence-corrected chi connectivity index (χ2v) is 34.9. The number of unbranched alkanes of at least 4 members (excludes halogenated alkanes) is 1. The van der Waals surface area contributed by atoms with Gasteiger partial charge in [0, 0.05) is 60.0 Å². The molecule has 17 amide bonds. The van der Waals surface area contributed by atoms with Gasteiger partial charge in [-0.2, -0.15) is 0 Å². The summed E-state index contributed by atoms with van der Waals surface area (Å²) in [6.45, 7) is 5.43. The van der Waals surface area contributed by atoms with Gasteiger partial charge in [-0.05, 0) is 105 Å². The van der Waals surface area contributed by atoms with Gasteiger partial charge in [0.25, 0.3) is 0 Å². The smallest absolute Gasteiger partial charge is 0.326 e. The van der Waals surface area contributed by atoms with Gasteiger partial charge in [-0.3, -0.25) is 96.5 Å². The highest BCUT2D eigenvalue weighted by molar-refractivity contribution is 6.03. The Morgan fingerprint density at radius 2 is 0.776 bits per heavy atom. The summed E-state index contributed by atoms with van der Waals surface area (Å²) < 4.78 is 0. The predicted molar refractivity (Wildman–Crippen MR) is 511 cm³/mol. The summed E-state index contributed by atoms with van der Waals surface area (Å²) in [6.07, 6.45) is -1.90. The first-order valence-corrected chi connectivity index (χ1v) is 46.2. The van der Waals surface area contributed by atoms with E-state index in [0.29, 0.717) is 38.5 Å². The highest BCUT2D eigenvalue weighted by Crippen LogP contribution is 2.23. The fraction of sp³-hybridized carbons (Fsp3) is 0.527. The van der Waals surface area contributed by atoms with Gasteiger partial charge in [0.1, 0.15) is 96.7 Å². The highest BCUT2D eigenvalue weighted by Gasteiger charge is 2.41. The van der Waals surface area contributed by atoms with Crippen LogP contribution in [0.3, 0.4) is 0 Å². The number of nitrogens with two attached hydrogens (primary N) is 3. The number of H-pyrrole nitrogens is 2. The normalized spacial score (nSPS) is 15.0. The SMILES string of the molecule is CC[C@H](C)[C@H](NC(=O)[C@H](CCCCN)NC(=O)[C@H](CO)NC(=O)[C@H](CC(=O)O)NC(=O)[C@H](CCCNC(=N)N)NC(=O)CNC(=O)CNC(=O)[C@@H](NC(=O)[C@H](CO)NC(=O)[C@H](C)NC(=O)[C@H](Cc1ccccc1)NC(=O)[C@H](Cc1c[nH]c2ccccc12)NC(=O)[C@@H](N)CO)[C@@H](C)O)C(=O)N[C@@H](CC(=O)O)C(=O)N[C@H](C(=O)N[C@@H](Cc1c[nH]c2ccccc12)C(=O)N[C@@H](CO)C(=O)N[C@@H](CC(C)C)C(=O)O)C(C)C. The molecule has 18 atom stereocenters. The van der Waals surface area contributed by atoms with Crippen molar-refractivity contribution in [3.05, 3.63) is 108 Å². The van der Waals surface area contributed by atoms with E-state index in [1.165, 1.54) is 27.7 Å². The molecule has 0 saturated carbocycles. The van der Waals surface area contributed by atoms with E-state index in [9.17, 15) is 137 Å². The minimum absolute atomic E-state index is 0.0178. The van der Waals surface area contributed by atoms with E-state index >= 15 is 0 Å². The Kier molecular flexibility index (Phi) is 49.5. The molecule has 0 aliphatic carbocycles. The molecular weight excluding hydrogens is 1880 g/mol. The molecule has 52 heteroatoms. The lowest BCUT2D eigenvalue weighted by molar-refractivity contribution is -0.143. The zero-order valence-electron chi connectivity index (χ0n) is 80.3. The molecule has 2 aromatic heterocycles. The number of carboxylic acids is 3. The maximum Gasteiger partial charge on any atom is 0.326 e. The van der Waals surface area contributed by atoms with E-state index in [0.717, 1.165) is 6.92 Å². The summed E-state index contributed by atoms with van der Waals surface area (Å²) in [7, 11) is 0. The molecule has 786 valence electrons. The number of carbonyl (C=O) groups is 20. The number of hydrogen-bond acceptors (Lipinski definition) is 28. The molecule has 5 rings (SSSR count). The number of carboxylic acid groups (broad SMARTS) is 3. The maximum absolute atomic E-state index is 14.5. The number of nitrogens with one attached hydrogen (secondary N) is 21. The number of guanidine groups is 1. The van der Waals surface area contributed by atoms with Crippen LogP contribution in [0.5, 0.6) is 0 Å². The minimum Gasteiger partial charge on any atom is -0.481 e. The third-order valence-corrected chi connectivity index (χ3v) is 22.6. The zero-order valence-corrected chi connectivity index (χ0v) is 80.3. The first-order valence-electron chi connectivity index (χ1n) is 46.2. The van der Waals surface area contributed by atoms with Gasteiger partial charge in [-0.15, -0.1) is 0 Å². The third-order valence-electron chi connectivity index (χ3n) is 22.6. The molecule has 5 aromatic rings. The lowest BCUT2D eigenvalue weighted by atomic mass is 9.96. The molecule has 0 spiro atoms. The Bertz CT molecular complexity index is 5230. The van der Waals surface area contributed by atoms with E-state index in [1.807, 2.05) is 0 Å². The van der Waals surface area contributed by atoms with Gasteiger partial charge in [0.05, 0.1) is 58.5 Å². The molecule has 0 fully saturated rings. The van der Waals surface area contributed by atoms with Crippen molar-refractivity contribution in [3.63, 3.8) is 0 Å². The van der Waals surface area contributed by atoms with E-state index in [1.54, 1.807) is 112 Å². The fourth-order valence-electron chi connectivity index (χ4n) is 14.5. The number of rotatable bonds is 63. The summed E-state index contributed by atoms with van der Waals surface area (Å²) in [4.78, 5) is 280. The predicted octanol–water partition coefficient (Wildman–Crippen LogP) is -8.95. The van der Waals surface area contributed by atoms with Gasteiger partial charge in [-0.1, -0.05) is 115 Å². The van der Waals surface area contributed by atoms with Crippen LogP contribution in [-0.4, -0.2) is 330 Å². The molecule has 0 saturated heterocycles. The van der Waals surface area contributed by atoms with Crippen LogP contribution >= 0.6 is 0 Å². The van der Waals surface area contributed by atoms with Gasteiger partial charge < -0.3 is 164 Å². The molecule has 2 heterocycles. The topological polar surface area (TPSA) is 853 Å². The van der Waals surface area contributed by atoms with Crippen molar-refractivity contribution in [1.82, 2.24) is 106 Å². The fourth-order valence-corrected chi connectivity index (χ4v) is 14.5. The number of carbonyl (C=O) groups excluding carboxylic acids is 17. The molecule has 143 heavy (non-hydrogen) atoms. The molecule has 0 unspecified atom stereocenters. The van der Waals surface area contributed by atoms with Crippen molar-refractivity contribution < 1.29 is 137 Å². The molecule has 52 nitrogen and oxygen atoms in total. The Morgan fingerprint density at radius 3 is 1.27 bits per heavy atom. The van der Waals surface area contributed by atoms with Crippen LogP contribution in [0.15, 0.2) is 91.3 Å². The monoisotopic (exact) mass is 2010 g/mol. The van der Waals surface area contributed by atoms with Crippen LogP contribution in [0.25, 0.3) is 21.8 Å². The van der Waals surface area contributed by atoms with Crippen molar-refractivity contribution in [2.24, 2.45) is 35.0 Å². The Labute approximate surface area is 821 Å². The molecule has 3 aromatic carbocycles. The van der Waals surface area contributed by atoms with Gasteiger partial charge in [-0.25, -0.2) is 4.79 Å². The van der Waals surface area contributed by atoms with Crippen molar-refractivity contribution in [2.75, 3.05) is 52.6 Å². The molecule has 0 radical (unpaired) electrons. The molecule has 0 aliphatic rings. The van der Waals surface area contributed by atoms with Crippen molar-refractivity contribution in [3.8, 4) is 0 Å². The lowest BCUT2D eigenvalue weighted by Crippen LogP contribution is -2.62. The van der Waals surface area contributed by atoms with E-state index in [2.05, 4.69) is 106 Å². The quantitative estimate of drug-likeness (QED) is 0.00976. The van der Waals surface area contributed by atoms with Crippen LogP contribution in [0, 0.1) is 23.2 Å². The summed E-state index contributed by atoms with van der Waals surface area (Å²) >= 11 is 0. The Morgan fingerprint density at radius 1 is 0.385 bits per heavy atom. The Hall–Kier alpha value is -14.9. The van der Waals surface area contributed by atoms with Gasteiger partial charge in [0.2, 0.25) is 100 Å². The Balaban J connectivity index is 1.23. The zero-order chi connectivity index (χ0) is 107. The number of amides is 17. The van der Waals surface area contributed by atoms with Crippen LogP contribution in [-0.2, 0) is 115 Å². The third kappa shape index (κ3) is 39.3. The van der Waals surface area contributed by atoms with Gasteiger partial charge >= 0.3 is 17.9 Å². The second-order valence-electron chi connectivity index (χ2n) is 34.9. The number of aromatic amines is 2. The maximum atomic E-state index is 14.5. The summed E-state index contributed by atoms with van der Waals surface area (Å²) in [5.74, 6) is -26.6. The van der Waals surface area contributed by atoms with Crippen molar-refractivity contribution >= 4 is 146 Å². The number of para-hydroxylation sites is 2. The van der Waals surface area contributed by atoms with Crippen molar-refractivity contribution in [1.29, 1.82) is 5.41 Å². The number of benzene rings is 3. The van der Waals surface area contributed by atoms with E-state index < -0.39 is 291 Å². The van der Waals surface area contributed by atoms with Crippen LogP contribution in [0.2, 0.25) is 0 Å². The van der Waals surface area contributed by atoms with Crippen LogP contribution in [0.4, 0.5) is 0 Å². The highest BCUT2D eigenvalue weighted by atomic mass is 16.4. The number of fused-ring (bicyclic) bond motifs is 2. The second kappa shape index (κ2) is 59.7. The molecular formula is C91H134N24O28. The number of aromatic nitrogens is 2. The number of hydrogen-bond donors (Lipinski definition) is 32. The number of aliphatic hydroxyl groups excluding tert-OH is 5. The molecule has 0 aliphatic heterocycles. The van der Waals surface area contributed by atoms with Crippen molar-refractivity contribution in [2.45, 2.75) is 235 Å². The lowest BCUT2D eigenvalue weighted by Gasteiger charge is -2.30. The largest absolute Gasteiger partial charge is 0.481 e. The van der Waals surface area contributed by atoms with E-state index in [4.69, 9.17) is 22.6 Å². The minimum atomic E-state index is -2.15. The number of aliphatic hydroxyl groups is 5. The van der Waals surface area contributed by atoms with E-state index in [-0.39, 0.29) is 83.2 Å². The number of aliphatic carboxylic acids is 3. The average Bonchev–Trinajstić information content (AvgIpc) is 1.68. The summed E-state index contributed by atoms with van der Waals surface area (Å²) in [6, 6.07) is -5.03. The molecule has 35 N–H and O–H groups in total. The van der Waals surface area contributed by atoms with Crippen LogP contribution < -0.4 is 113 Å². The first kappa shape index (κ1) is 119. The summed E-state index contributed by atoms with van der Waals surface area (Å²) in [5, 5.41) is 132. The standard InChI is InChI=1S/C91H134N24O28/c1-9-46(6)73(89(141)108-63(35-71(125)126)83(135)113-72(45(4)5)88(140)107-61(33-51-37-98-56-25-16-14-23-53(51)56)81(133)111-66(42-118)85(137)109-64(90(142)143)30-44(2)3)114-78(130)58(26-17-18-28-92)103-84(136)65(41-117)112-82(134)62(34-70(123)124)106-77(129)57(27-19-29-96-91(94)95)102-69(122)39-99-68(121)38-100-87(139)74(48(8)120)115-86(138)67(43-119)110-75(127)47(7)101-79(131)59(31-49-20-11-10-12-21-49)105-80(132)60(104-76(128)54(93)40-116)32-50-36-97-55-24-15-13-22-52(50)55/h10-16,20-25,36-37,44-48,54,57-67,72-74,97-98,116-120H,9,17-19,26-35,38-43,92-93H2,1-8H3,(H,99,121)(H,100,139)(H,101,131)(H,102,122)(H,103,136)(H,104,128)(H,105,132)(H,106,129)(H,107,140)(H,108,141)(H,109,137)(H,110,127)(H,111,133)(H,112,134)(H,113,135)(H,114,130)(H,115,138)(H,123,124)(H,125,126)(H,142,143)(H4,94,95,96)/t46-,47-,48+,54-,57-,58-,59-,60-,61-,62-,63-,64-,65-,66-,67-,72-,73-,74-/m0/s1.